The van der Waals surface area contributed by atoms with Crippen LogP contribution >= 0.6 is 15.9 Å². The molecule has 2 saturated heterocycles. The van der Waals surface area contributed by atoms with Gasteiger partial charge in [0.1, 0.15) is 11.8 Å². The summed E-state index contributed by atoms with van der Waals surface area (Å²) in [5.74, 6) is 0.359. The van der Waals surface area contributed by atoms with Crippen LogP contribution in [-0.2, 0) is 9.53 Å². The van der Waals surface area contributed by atoms with Gasteiger partial charge in [-0.15, -0.1) is 0 Å². The summed E-state index contributed by atoms with van der Waals surface area (Å²) in [4.78, 5) is 27.8. The molecule has 0 spiro atoms. The fourth-order valence-electron chi connectivity index (χ4n) is 5.15. The Labute approximate surface area is 218 Å². The molecular formula is C28H28BrN3O4. The third-order valence-corrected chi connectivity index (χ3v) is 7.26. The molecule has 7 nitrogen and oxygen atoms in total. The highest BCUT2D eigenvalue weighted by molar-refractivity contribution is 9.10. The van der Waals surface area contributed by atoms with Gasteiger partial charge in [-0.2, -0.15) is 0 Å². The summed E-state index contributed by atoms with van der Waals surface area (Å²) < 4.78 is 11.7. The van der Waals surface area contributed by atoms with Crippen LogP contribution in [0.3, 0.4) is 0 Å². The summed E-state index contributed by atoms with van der Waals surface area (Å²) in [5.41, 5.74) is 9.94. The number of ether oxygens (including phenoxy) is 2. The molecule has 3 aromatic carbocycles. The zero-order chi connectivity index (χ0) is 25.2. The lowest BCUT2D eigenvalue weighted by Gasteiger charge is -2.31. The van der Waals surface area contributed by atoms with Gasteiger partial charge in [-0.25, -0.2) is 15.6 Å². The van der Waals surface area contributed by atoms with E-state index >= 15 is 0 Å². The molecule has 8 heteroatoms. The fraction of sp³-hybridized carbons (Fsp3) is 0.286. The molecule has 4 unspecified atom stereocenters. The van der Waals surface area contributed by atoms with Crippen molar-refractivity contribution in [2.24, 2.45) is 5.92 Å². The number of amides is 1. The van der Waals surface area contributed by atoms with E-state index < -0.39 is 6.04 Å². The number of esters is 1. The largest absolute Gasteiger partial charge is 0.494 e. The number of hydrazine groups is 1. The van der Waals surface area contributed by atoms with Crippen LogP contribution in [0, 0.1) is 5.92 Å². The minimum absolute atomic E-state index is 0.0160. The van der Waals surface area contributed by atoms with E-state index in [1.807, 2.05) is 60.4 Å². The maximum atomic E-state index is 13.8. The third kappa shape index (κ3) is 4.52. The zero-order valence-corrected chi connectivity index (χ0v) is 21.7. The second-order valence-corrected chi connectivity index (χ2v) is 9.71. The summed E-state index contributed by atoms with van der Waals surface area (Å²) in [6.45, 7) is 4.66. The van der Waals surface area contributed by atoms with E-state index in [9.17, 15) is 9.59 Å². The monoisotopic (exact) mass is 549 g/mol. The number of carbonyl (C=O) groups excluding carboxylic acids is 2. The topological polar surface area (TPSA) is 79.9 Å². The SMILES string of the molecule is CCOC(=O)c1ccc(N2C(=O)C3NNC(c4ccc(OCC)cc4)C3C2c2ccc(Br)cc2)cc1. The molecule has 1 amide bonds. The van der Waals surface area contributed by atoms with Crippen molar-refractivity contribution in [3.8, 4) is 5.75 Å². The van der Waals surface area contributed by atoms with Gasteiger partial charge in [-0.1, -0.05) is 40.2 Å². The van der Waals surface area contributed by atoms with E-state index in [4.69, 9.17) is 9.47 Å². The van der Waals surface area contributed by atoms with Gasteiger partial charge in [-0.3, -0.25) is 4.79 Å². The Morgan fingerprint density at radius 2 is 1.50 bits per heavy atom. The molecule has 36 heavy (non-hydrogen) atoms. The highest BCUT2D eigenvalue weighted by Crippen LogP contribution is 2.49. The Kier molecular flexibility index (Phi) is 7.09. The number of fused-ring (bicyclic) bond motifs is 1. The number of carbonyl (C=O) groups is 2. The highest BCUT2D eigenvalue weighted by Gasteiger charge is 2.56. The molecule has 3 aromatic rings. The number of halogens is 1. The Balaban J connectivity index is 1.53. The lowest BCUT2D eigenvalue weighted by atomic mass is 9.83. The van der Waals surface area contributed by atoms with Crippen LogP contribution in [0.1, 0.15) is 47.4 Å². The van der Waals surface area contributed by atoms with Crippen molar-refractivity contribution in [3.63, 3.8) is 0 Å². The number of anilines is 1. The molecule has 4 atom stereocenters. The van der Waals surface area contributed by atoms with Crippen LogP contribution in [0.2, 0.25) is 0 Å². The van der Waals surface area contributed by atoms with Crippen molar-refractivity contribution in [3.05, 3.63) is 94.0 Å². The summed E-state index contributed by atoms with van der Waals surface area (Å²) in [6, 6.07) is 22.5. The van der Waals surface area contributed by atoms with Gasteiger partial charge in [0.2, 0.25) is 5.91 Å². The molecule has 0 radical (unpaired) electrons. The number of hydrogen-bond acceptors (Lipinski definition) is 6. The van der Waals surface area contributed by atoms with Gasteiger partial charge in [0.15, 0.2) is 0 Å². The van der Waals surface area contributed by atoms with Crippen LogP contribution in [-0.4, -0.2) is 31.1 Å². The van der Waals surface area contributed by atoms with Crippen molar-refractivity contribution in [1.29, 1.82) is 0 Å². The quantitative estimate of drug-likeness (QED) is 0.406. The van der Waals surface area contributed by atoms with Crippen LogP contribution in [0.4, 0.5) is 5.69 Å². The molecule has 2 aliphatic rings. The minimum atomic E-state index is -0.403. The second-order valence-electron chi connectivity index (χ2n) is 8.80. The third-order valence-electron chi connectivity index (χ3n) is 6.73. The van der Waals surface area contributed by atoms with Gasteiger partial charge in [0.25, 0.3) is 0 Å². The fourth-order valence-corrected chi connectivity index (χ4v) is 5.41. The average molecular weight is 550 g/mol. The van der Waals surface area contributed by atoms with Crippen LogP contribution in [0.15, 0.2) is 77.3 Å². The predicted molar refractivity (Wildman–Crippen MR) is 141 cm³/mol. The van der Waals surface area contributed by atoms with Crippen LogP contribution < -0.4 is 20.5 Å². The molecule has 186 valence electrons. The Morgan fingerprint density at radius 3 is 2.14 bits per heavy atom. The Bertz CT molecular complexity index is 1230. The summed E-state index contributed by atoms with van der Waals surface area (Å²) >= 11 is 3.52. The normalized spacial score (nSPS) is 23.0. The Hall–Kier alpha value is -3.20. The molecule has 0 aromatic heterocycles. The first-order valence-corrected chi connectivity index (χ1v) is 12.9. The average Bonchev–Trinajstić information content (AvgIpc) is 3.44. The van der Waals surface area contributed by atoms with Crippen LogP contribution in [0.5, 0.6) is 5.75 Å². The predicted octanol–water partition coefficient (Wildman–Crippen LogP) is 4.95. The van der Waals surface area contributed by atoms with Gasteiger partial charge in [0.05, 0.1) is 30.9 Å². The summed E-state index contributed by atoms with van der Waals surface area (Å²) in [6.07, 6.45) is 0. The van der Waals surface area contributed by atoms with Crippen molar-refractivity contribution < 1.29 is 19.1 Å². The second kappa shape index (κ2) is 10.4. The van der Waals surface area contributed by atoms with Gasteiger partial charge < -0.3 is 14.4 Å². The van der Waals surface area contributed by atoms with E-state index in [2.05, 4.69) is 38.9 Å². The lowest BCUT2D eigenvalue weighted by Crippen LogP contribution is -2.41. The number of nitrogens with zero attached hydrogens (tertiary/aromatic N) is 1. The zero-order valence-electron chi connectivity index (χ0n) is 20.1. The van der Waals surface area contributed by atoms with Crippen molar-refractivity contribution in [1.82, 2.24) is 10.9 Å². The lowest BCUT2D eigenvalue weighted by molar-refractivity contribution is -0.119. The van der Waals surface area contributed by atoms with Gasteiger partial charge in [0, 0.05) is 16.1 Å². The standard InChI is InChI=1S/C28H28BrN3O4/c1-3-35-22-15-9-17(10-16-22)24-23-25(31-30-24)27(33)32(26(23)18-5-11-20(29)12-6-18)21-13-7-19(8-14-21)28(34)36-4-2/h5-16,23-26,30-31H,3-4H2,1-2H3. The van der Waals surface area contributed by atoms with Crippen molar-refractivity contribution in [2.75, 3.05) is 18.1 Å². The van der Waals surface area contributed by atoms with Gasteiger partial charge >= 0.3 is 5.97 Å². The van der Waals surface area contributed by atoms with Gasteiger partial charge in [-0.05, 0) is 73.5 Å². The van der Waals surface area contributed by atoms with E-state index in [-0.39, 0.29) is 29.9 Å². The Morgan fingerprint density at radius 1 is 0.861 bits per heavy atom. The van der Waals surface area contributed by atoms with Crippen molar-refractivity contribution >= 4 is 33.5 Å². The summed E-state index contributed by atoms with van der Waals surface area (Å²) in [5, 5.41) is 0. The van der Waals surface area contributed by atoms with Crippen molar-refractivity contribution in [2.45, 2.75) is 32.0 Å². The maximum Gasteiger partial charge on any atom is 0.338 e. The number of nitrogens with one attached hydrogen (secondary N) is 2. The molecule has 2 heterocycles. The maximum absolute atomic E-state index is 13.8. The van der Waals surface area contributed by atoms with E-state index in [1.54, 1.807) is 19.1 Å². The molecule has 0 aliphatic carbocycles. The molecule has 2 fully saturated rings. The smallest absolute Gasteiger partial charge is 0.338 e. The molecule has 5 rings (SSSR count). The molecule has 2 N–H and O–H groups in total. The highest BCUT2D eigenvalue weighted by atomic mass is 79.9. The number of rotatable bonds is 7. The van der Waals surface area contributed by atoms with E-state index in [0.29, 0.717) is 18.8 Å². The molecule has 2 aliphatic heterocycles. The van der Waals surface area contributed by atoms with Crippen LogP contribution in [0.25, 0.3) is 0 Å². The van der Waals surface area contributed by atoms with E-state index in [1.165, 1.54) is 0 Å². The number of benzene rings is 3. The summed E-state index contributed by atoms with van der Waals surface area (Å²) in [7, 11) is 0. The first-order valence-electron chi connectivity index (χ1n) is 12.1. The first-order chi connectivity index (χ1) is 17.5. The molecule has 0 saturated carbocycles. The first kappa shape index (κ1) is 24.5. The molecular weight excluding hydrogens is 522 g/mol. The minimum Gasteiger partial charge on any atom is -0.494 e. The molecule has 0 bridgehead atoms. The van der Waals surface area contributed by atoms with E-state index in [0.717, 1.165) is 27.0 Å². The number of hydrogen-bond donors (Lipinski definition) is 2.